The standard InChI is InChI=1S/C14H20O2/c1-16-12-7-5-6-11(10-12)13-8-3-2-4-9-14(13)15/h5-7,10,13-15H,2-4,8-9H2,1H3. The molecule has 1 aliphatic rings. The number of benzene rings is 1. The Balaban J connectivity index is 2.19. The van der Waals surface area contributed by atoms with E-state index in [1.54, 1.807) is 7.11 Å². The number of hydrogen-bond acceptors (Lipinski definition) is 2. The Morgan fingerprint density at radius 3 is 2.81 bits per heavy atom. The molecule has 16 heavy (non-hydrogen) atoms. The van der Waals surface area contributed by atoms with Gasteiger partial charge in [-0.05, 0) is 30.5 Å². The second-order valence-electron chi connectivity index (χ2n) is 4.59. The summed E-state index contributed by atoms with van der Waals surface area (Å²) in [6.45, 7) is 0. The van der Waals surface area contributed by atoms with Crippen LogP contribution in [0.15, 0.2) is 24.3 Å². The second kappa shape index (κ2) is 5.35. The predicted molar refractivity (Wildman–Crippen MR) is 64.8 cm³/mol. The summed E-state index contributed by atoms with van der Waals surface area (Å²) in [7, 11) is 1.68. The molecule has 2 unspecified atom stereocenters. The third kappa shape index (κ3) is 2.56. The van der Waals surface area contributed by atoms with Crippen LogP contribution in [0.2, 0.25) is 0 Å². The van der Waals surface area contributed by atoms with Crippen molar-refractivity contribution in [1.82, 2.24) is 0 Å². The highest BCUT2D eigenvalue weighted by Gasteiger charge is 2.23. The van der Waals surface area contributed by atoms with E-state index in [1.807, 2.05) is 12.1 Å². The molecule has 0 bridgehead atoms. The molecule has 0 saturated heterocycles. The summed E-state index contributed by atoms with van der Waals surface area (Å²) in [5.74, 6) is 1.17. The van der Waals surface area contributed by atoms with Crippen LogP contribution >= 0.6 is 0 Å². The van der Waals surface area contributed by atoms with Crippen molar-refractivity contribution in [3.05, 3.63) is 29.8 Å². The van der Waals surface area contributed by atoms with Gasteiger partial charge in [0.05, 0.1) is 13.2 Å². The van der Waals surface area contributed by atoms with E-state index in [0.29, 0.717) is 0 Å². The van der Waals surface area contributed by atoms with Crippen LogP contribution in [-0.4, -0.2) is 18.3 Å². The zero-order chi connectivity index (χ0) is 11.4. The molecule has 1 aromatic carbocycles. The quantitative estimate of drug-likeness (QED) is 0.776. The summed E-state index contributed by atoms with van der Waals surface area (Å²) < 4.78 is 5.23. The Morgan fingerprint density at radius 2 is 2.00 bits per heavy atom. The van der Waals surface area contributed by atoms with Gasteiger partial charge in [-0.1, -0.05) is 31.4 Å². The van der Waals surface area contributed by atoms with E-state index in [4.69, 9.17) is 4.74 Å². The number of rotatable bonds is 2. The first kappa shape index (κ1) is 11.5. The highest BCUT2D eigenvalue weighted by atomic mass is 16.5. The lowest BCUT2D eigenvalue weighted by molar-refractivity contribution is 0.135. The minimum Gasteiger partial charge on any atom is -0.497 e. The van der Waals surface area contributed by atoms with Crippen molar-refractivity contribution in [2.75, 3.05) is 7.11 Å². The molecule has 1 N–H and O–H groups in total. The molecule has 0 spiro atoms. The van der Waals surface area contributed by atoms with E-state index in [2.05, 4.69) is 12.1 Å². The molecule has 2 nitrogen and oxygen atoms in total. The lowest BCUT2D eigenvalue weighted by atomic mass is 9.89. The van der Waals surface area contributed by atoms with Crippen molar-refractivity contribution in [1.29, 1.82) is 0 Å². The largest absolute Gasteiger partial charge is 0.497 e. The molecule has 1 saturated carbocycles. The van der Waals surface area contributed by atoms with Crippen molar-refractivity contribution in [3.8, 4) is 5.75 Å². The lowest BCUT2D eigenvalue weighted by Crippen LogP contribution is -2.16. The molecule has 2 atom stereocenters. The maximum absolute atomic E-state index is 10.1. The predicted octanol–water partition coefficient (Wildman–Crippen LogP) is 3.10. The van der Waals surface area contributed by atoms with Gasteiger partial charge in [0, 0.05) is 5.92 Å². The zero-order valence-electron chi connectivity index (χ0n) is 9.86. The van der Waals surface area contributed by atoms with Gasteiger partial charge in [0.15, 0.2) is 0 Å². The van der Waals surface area contributed by atoms with E-state index >= 15 is 0 Å². The first-order chi connectivity index (χ1) is 7.81. The second-order valence-corrected chi connectivity index (χ2v) is 4.59. The monoisotopic (exact) mass is 220 g/mol. The first-order valence-electron chi connectivity index (χ1n) is 6.13. The van der Waals surface area contributed by atoms with E-state index in [-0.39, 0.29) is 12.0 Å². The topological polar surface area (TPSA) is 29.5 Å². The number of hydrogen-bond donors (Lipinski definition) is 1. The fourth-order valence-corrected chi connectivity index (χ4v) is 2.55. The van der Waals surface area contributed by atoms with Crippen LogP contribution in [0, 0.1) is 0 Å². The smallest absolute Gasteiger partial charge is 0.119 e. The minimum atomic E-state index is -0.186. The average molecular weight is 220 g/mol. The molecule has 88 valence electrons. The molecule has 0 amide bonds. The maximum Gasteiger partial charge on any atom is 0.119 e. The Labute approximate surface area is 97.3 Å². The maximum atomic E-state index is 10.1. The summed E-state index contributed by atoms with van der Waals surface area (Å²) >= 11 is 0. The molecule has 0 aromatic heterocycles. The van der Waals surface area contributed by atoms with Crippen LogP contribution in [0.3, 0.4) is 0 Å². The normalized spacial score (nSPS) is 26.1. The molecule has 1 fully saturated rings. The average Bonchev–Trinajstić information content (AvgIpc) is 2.54. The summed E-state index contributed by atoms with van der Waals surface area (Å²) in [4.78, 5) is 0. The molecule has 2 rings (SSSR count). The minimum absolute atomic E-state index is 0.186. The van der Waals surface area contributed by atoms with Gasteiger partial charge in [-0.2, -0.15) is 0 Å². The van der Waals surface area contributed by atoms with Gasteiger partial charge in [0.25, 0.3) is 0 Å². The van der Waals surface area contributed by atoms with Crippen LogP contribution in [0.5, 0.6) is 5.75 Å². The Morgan fingerprint density at radius 1 is 1.19 bits per heavy atom. The van der Waals surface area contributed by atoms with Crippen LogP contribution in [0.1, 0.15) is 43.6 Å². The molecule has 0 aliphatic heterocycles. The molecule has 1 aliphatic carbocycles. The number of aliphatic hydroxyl groups is 1. The highest BCUT2D eigenvalue weighted by molar-refractivity contribution is 5.31. The third-order valence-corrected chi connectivity index (χ3v) is 3.50. The summed E-state index contributed by atoms with van der Waals surface area (Å²) in [5.41, 5.74) is 1.22. The summed E-state index contributed by atoms with van der Waals surface area (Å²) in [6, 6.07) is 8.11. The van der Waals surface area contributed by atoms with Crippen molar-refractivity contribution in [2.24, 2.45) is 0 Å². The summed E-state index contributed by atoms with van der Waals surface area (Å²) in [6.07, 6.45) is 5.46. The third-order valence-electron chi connectivity index (χ3n) is 3.50. The van der Waals surface area contributed by atoms with Crippen molar-refractivity contribution >= 4 is 0 Å². The Hall–Kier alpha value is -1.02. The van der Waals surface area contributed by atoms with E-state index < -0.39 is 0 Å². The van der Waals surface area contributed by atoms with Crippen molar-refractivity contribution < 1.29 is 9.84 Å². The SMILES string of the molecule is COc1cccc(C2CCCCCC2O)c1. The fourth-order valence-electron chi connectivity index (χ4n) is 2.55. The Kier molecular flexibility index (Phi) is 3.83. The molecule has 2 heteroatoms. The fraction of sp³-hybridized carbons (Fsp3) is 0.571. The van der Waals surface area contributed by atoms with Gasteiger partial charge in [0.1, 0.15) is 5.75 Å². The first-order valence-corrected chi connectivity index (χ1v) is 6.13. The van der Waals surface area contributed by atoms with E-state index in [1.165, 1.54) is 18.4 Å². The zero-order valence-corrected chi connectivity index (χ0v) is 9.86. The number of ether oxygens (including phenoxy) is 1. The number of aliphatic hydroxyl groups excluding tert-OH is 1. The van der Waals surface area contributed by atoms with E-state index in [0.717, 1.165) is 25.0 Å². The van der Waals surface area contributed by atoms with Crippen LogP contribution in [0.4, 0.5) is 0 Å². The van der Waals surface area contributed by atoms with Crippen LogP contribution in [0.25, 0.3) is 0 Å². The van der Waals surface area contributed by atoms with E-state index in [9.17, 15) is 5.11 Å². The highest BCUT2D eigenvalue weighted by Crippen LogP contribution is 2.33. The molecule has 0 radical (unpaired) electrons. The molecular weight excluding hydrogens is 200 g/mol. The molecule has 0 heterocycles. The Bertz CT molecular complexity index is 335. The summed E-state index contributed by atoms with van der Waals surface area (Å²) in [5, 5.41) is 10.1. The molecule has 1 aromatic rings. The van der Waals surface area contributed by atoms with Gasteiger partial charge in [-0.3, -0.25) is 0 Å². The van der Waals surface area contributed by atoms with Gasteiger partial charge in [-0.15, -0.1) is 0 Å². The van der Waals surface area contributed by atoms with Gasteiger partial charge in [0.2, 0.25) is 0 Å². The number of methoxy groups -OCH3 is 1. The molecular formula is C14H20O2. The lowest BCUT2D eigenvalue weighted by Gasteiger charge is -2.21. The van der Waals surface area contributed by atoms with Crippen molar-refractivity contribution in [2.45, 2.75) is 44.1 Å². The van der Waals surface area contributed by atoms with Gasteiger partial charge >= 0.3 is 0 Å². The van der Waals surface area contributed by atoms with Crippen molar-refractivity contribution in [3.63, 3.8) is 0 Å². The van der Waals surface area contributed by atoms with Crippen LogP contribution in [-0.2, 0) is 0 Å². The van der Waals surface area contributed by atoms with Crippen LogP contribution < -0.4 is 4.74 Å². The van der Waals surface area contributed by atoms with Gasteiger partial charge < -0.3 is 9.84 Å². The van der Waals surface area contributed by atoms with Gasteiger partial charge in [-0.25, -0.2) is 0 Å².